The van der Waals surface area contributed by atoms with E-state index >= 15 is 22.0 Å². The van der Waals surface area contributed by atoms with E-state index in [2.05, 4.69) is 97.3 Å². The highest BCUT2D eigenvalue weighted by Gasteiger charge is 2.58. The van der Waals surface area contributed by atoms with Crippen LogP contribution in [0.1, 0.15) is 43.8 Å². The van der Waals surface area contributed by atoms with Crippen LogP contribution in [0.5, 0.6) is 0 Å². The average Bonchev–Trinajstić information content (AvgIpc) is 1.61. The molecule has 12 aromatic heterocycles. The molecule has 73 heteroatoms. The minimum absolute atomic E-state index is 0.0260. The van der Waals surface area contributed by atoms with Gasteiger partial charge in [-0.1, -0.05) is 17.5 Å². The second-order valence-corrected chi connectivity index (χ2v) is 47.1. The Bertz CT molecular complexity index is 6840. The molecule has 0 aromatic carbocycles. The molecule has 0 aliphatic carbocycles. The maximum absolute atomic E-state index is 16.0. The molecule has 9 fully saturated rings. The van der Waals surface area contributed by atoms with Crippen molar-refractivity contribution < 1.29 is 134 Å². The summed E-state index contributed by atoms with van der Waals surface area (Å²) in [6.07, 6.45) is -25.2. The standard InChI is InChI=1S/2C21H23F2N9O9P2S2.C19H22FN11O9P2S2/c2*22-10-8-3-36-42(34,44)40-13-9(39-19(11(13)23)31-2-1-7-15(24)26-5-27-16(7)31)4-37-43(35,45)41-14(10)20(38-8)32-6-28-12-17(32)29-21(25)30-18(12)33;20-9-12-8(38-18(9)30-5-25-10-13(21)23-4-24-14(10)30)3-36-41(33,43)39-7-1-6(2-35-42(34,44)40-12)37-17(7)31-15-11(28-29-31)16(32)27-19(22)26-15/h2*1-2,5-6,8-11,13-14,19-20H,3-4H2,(H,34,44)(H,35,45)(H2,24,26,27)(H3,25,29,30,33);4-9,12,17-18H,1-3H2,(H,33,43)(H,34,44)(H2,21,23,24)(H3,22,26,27,32)/t2*8-,9-,10+,11+,13-,14-,19-,20-,42?,43?;6-,7+,8+,9-,12+,17+,18+,41?,42?/m110/s1. The van der Waals surface area contributed by atoms with Gasteiger partial charge in [-0.15, -0.1) is 5.10 Å². The molecule has 9 aliphatic heterocycles. The van der Waals surface area contributed by atoms with E-state index in [9.17, 15) is 43.4 Å². The highest BCUT2D eigenvalue weighted by atomic mass is 32.7. The fourth-order valence-electron chi connectivity index (χ4n) is 15.9. The third-order valence-corrected chi connectivity index (χ3v) is 31.2. The van der Waals surface area contributed by atoms with Crippen molar-refractivity contribution in [3.05, 3.63) is 93.6 Å². The van der Waals surface area contributed by atoms with Crippen LogP contribution < -0.4 is 51.1 Å². The number of hydrogen-bond acceptors (Lipinski definition) is 47. The molecule has 9 saturated heterocycles. The number of nitrogens with one attached hydrogen (secondary N) is 3. The molecule has 21 rings (SSSR count). The third kappa shape index (κ3) is 18.6. The van der Waals surface area contributed by atoms with Gasteiger partial charge >= 0.3 is 40.4 Å². The number of halogens is 5. The van der Waals surface area contributed by atoms with Gasteiger partial charge in [0.2, 0.25) is 17.8 Å². The molecule has 20 N–H and O–H groups in total. The number of H-pyrrole nitrogens is 3. The van der Waals surface area contributed by atoms with E-state index in [1.807, 2.05) is 0 Å². The van der Waals surface area contributed by atoms with Crippen molar-refractivity contribution in [2.75, 3.05) is 74.0 Å². The van der Waals surface area contributed by atoms with Crippen molar-refractivity contribution >= 4 is 214 Å². The first-order chi connectivity index (χ1) is 63.5. The molecule has 21 heterocycles. The van der Waals surface area contributed by atoms with Gasteiger partial charge in [0.15, 0.2) is 113 Å². The van der Waals surface area contributed by atoms with Gasteiger partial charge in [0.05, 0.1) is 75.5 Å². The molecule has 0 amide bonds. The predicted molar refractivity (Wildman–Crippen MR) is 466 cm³/mol. The van der Waals surface area contributed by atoms with Crippen LogP contribution in [-0.2, 0) is 146 Å². The molecular formula is C61H68F5N29O27P6S6. The van der Waals surface area contributed by atoms with Gasteiger partial charge in [0.25, 0.3) is 16.7 Å². The van der Waals surface area contributed by atoms with Crippen LogP contribution in [0.15, 0.2) is 76.9 Å². The maximum Gasteiger partial charge on any atom is 0.386 e. The van der Waals surface area contributed by atoms with Crippen molar-refractivity contribution in [2.24, 2.45) is 0 Å². The van der Waals surface area contributed by atoms with Gasteiger partial charge in [0.1, 0.15) is 115 Å². The van der Waals surface area contributed by atoms with Crippen molar-refractivity contribution in [1.29, 1.82) is 0 Å². The largest absolute Gasteiger partial charge is 0.386 e. The molecule has 29 atom stereocenters. The molecule has 56 nitrogen and oxygen atoms in total. The molecule has 0 radical (unpaired) electrons. The number of alkyl halides is 5. The van der Waals surface area contributed by atoms with E-state index in [0.717, 1.165) is 26.5 Å². The molecule has 0 saturated carbocycles. The van der Waals surface area contributed by atoms with Crippen molar-refractivity contribution in [2.45, 2.75) is 148 Å². The Morgan fingerprint density at radius 1 is 0.381 bits per heavy atom. The van der Waals surface area contributed by atoms with Crippen molar-refractivity contribution in [3.63, 3.8) is 0 Å². The lowest BCUT2D eigenvalue weighted by atomic mass is 10.1. The Morgan fingerprint density at radius 2 is 0.746 bits per heavy atom. The van der Waals surface area contributed by atoms with Gasteiger partial charge in [-0.25, -0.2) is 71.4 Å². The normalized spacial score (nSPS) is 37.3. The number of aromatic nitrogens is 23. The highest BCUT2D eigenvalue weighted by molar-refractivity contribution is 8.44. The lowest BCUT2D eigenvalue weighted by Gasteiger charge is -2.27. The SMILES string of the molecule is Nc1nc2c(ncn2[C@@H]2O[C@@H]3COP(O)(=S)O[C@H]4[C@H](F)[C@H](n5ccc6c(N)ncnc65)O[C@@H]4COP(=O)(S)O[C@@H]2[C@H]3F)c(=O)[nH]1.Nc1nc2c(ncn2[C@@H]2O[C@@H]3COP(O)(=S)O[C@H]4[C@H](F)[C@H](n5ccc6c(N)ncnc65)O[C@@H]4COP(O)(=S)O[C@@H]2[C@H]3F)c(=O)[nH]1.Nc1nc2c(nnn2[C@@H]2O[C@@H]3COP(O)(=S)O[C@H]4[C@H](F)[C@H](n5cnc6c(N)ncnc65)O[C@@H]4COP(O)(=S)O[C@@H]2C3)c(=O)[nH]1. The number of anilines is 6. The molecular weight excluding hydrogens is 2040 g/mol. The van der Waals surface area contributed by atoms with Gasteiger partial charge in [-0.3, -0.25) is 70.2 Å². The fraction of sp³-hybridized carbons (Fsp3) is 0.492. The Kier molecular flexibility index (Phi) is 25.8. The van der Waals surface area contributed by atoms with Gasteiger partial charge in [0, 0.05) is 18.8 Å². The fourth-order valence-corrected chi connectivity index (χ4v) is 24.5. The molecule has 720 valence electrons. The van der Waals surface area contributed by atoms with Crippen molar-refractivity contribution in [1.82, 2.24) is 113 Å². The number of fused-ring (bicyclic) bond motifs is 15. The maximum atomic E-state index is 16.0. The number of nitrogens with two attached hydrogens (primary N) is 6. The monoisotopic (exact) mass is 2110 g/mol. The number of aromatic amines is 3. The Labute approximate surface area is 771 Å². The number of hydrogen-bond donors (Lipinski definition) is 15. The number of ether oxygens (including phenoxy) is 6. The van der Waals surface area contributed by atoms with Crippen LogP contribution in [0.25, 0.3) is 66.7 Å². The summed E-state index contributed by atoms with van der Waals surface area (Å²) in [5, 5.41) is 8.64. The summed E-state index contributed by atoms with van der Waals surface area (Å²) in [5.74, 6) is -0.337. The van der Waals surface area contributed by atoms with Crippen LogP contribution in [0.4, 0.5) is 57.3 Å². The molecule has 134 heavy (non-hydrogen) atoms. The molecule has 6 unspecified atom stereocenters. The van der Waals surface area contributed by atoms with Crippen LogP contribution in [0.2, 0.25) is 0 Å². The van der Waals surface area contributed by atoms with Gasteiger partial charge in [-0.2, -0.15) is 19.6 Å². The quantitative estimate of drug-likeness (QED) is 0.0627. The molecule has 0 spiro atoms. The van der Waals surface area contributed by atoms with E-state index in [1.54, 1.807) is 12.1 Å². The first-order valence-corrected chi connectivity index (χ1v) is 54.4. The van der Waals surface area contributed by atoms with Gasteiger partial charge < -0.3 is 124 Å². The lowest BCUT2D eigenvalue weighted by molar-refractivity contribution is -0.0637. The Balaban J connectivity index is 0.000000129. The molecule has 12 aromatic rings. The number of thiol groups is 1. The number of rotatable bonds is 6. The third-order valence-electron chi connectivity index (χ3n) is 21.8. The number of imidazole rings is 3. The Morgan fingerprint density at radius 3 is 1.22 bits per heavy atom. The summed E-state index contributed by atoms with van der Waals surface area (Å²) < 4.78 is 202. The van der Waals surface area contributed by atoms with E-state index in [4.69, 9.17) is 176 Å². The average molecular weight is 2110 g/mol. The lowest BCUT2D eigenvalue weighted by Crippen LogP contribution is -2.34. The summed E-state index contributed by atoms with van der Waals surface area (Å²) in [5.41, 5.74) is 33.0. The number of nitrogens with zero attached hydrogens (tertiary/aromatic N) is 20. The molecule has 9 aliphatic rings. The zero-order chi connectivity index (χ0) is 94.6. The molecule has 6 bridgehead atoms. The highest BCUT2D eigenvalue weighted by Crippen LogP contribution is 2.61. The van der Waals surface area contributed by atoms with Crippen LogP contribution in [0, 0.1) is 0 Å². The van der Waals surface area contributed by atoms with Crippen LogP contribution in [-0.4, -0.2) is 281 Å². The summed E-state index contributed by atoms with van der Waals surface area (Å²) in [6, 6.07) is 3.13. The van der Waals surface area contributed by atoms with Crippen molar-refractivity contribution in [3.8, 4) is 0 Å². The van der Waals surface area contributed by atoms with Crippen LogP contribution in [0.3, 0.4) is 0 Å². The number of nitrogen functional groups attached to an aromatic ring is 6. The van der Waals surface area contributed by atoms with E-state index in [1.165, 1.54) is 51.4 Å². The minimum atomic E-state index is -4.48. The van der Waals surface area contributed by atoms with E-state index in [0.29, 0.717) is 10.8 Å². The summed E-state index contributed by atoms with van der Waals surface area (Å²) >= 11 is 29.9. The Hall–Kier alpha value is -7.87. The first kappa shape index (κ1) is 95.1. The van der Waals surface area contributed by atoms with Gasteiger partial charge in [-0.05, 0) is 71.2 Å². The topological polar surface area (TPSA) is 749 Å². The summed E-state index contributed by atoms with van der Waals surface area (Å²) in [6.45, 7) is -29.3. The zero-order valence-electron chi connectivity index (χ0n) is 66.7. The second-order valence-electron chi connectivity index (χ2n) is 30.2. The first-order valence-electron chi connectivity index (χ1n) is 38.7. The van der Waals surface area contributed by atoms with E-state index in [-0.39, 0.29) is 104 Å². The predicted octanol–water partition coefficient (Wildman–Crippen LogP) is 1.02. The smallest absolute Gasteiger partial charge is 0.383 e. The zero-order valence-corrected chi connectivity index (χ0v) is 77.0. The summed E-state index contributed by atoms with van der Waals surface area (Å²) in [4.78, 5) is 147. The minimum Gasteiger partial charge on any atom is -0.383 e. The van der Waals surface area contributed by atoms with E-state index < -0.39 is 232 Å². The second kappa shape index (κ2) is 36.4. The van der Waals surface area contributed by atoms with Crippen LogP contribution >= 0.6 is 52.6 Å². The summed E-state index contributed by atoms with van der Waals surface area (Å²) in [7, 11) is 0.